The van der Waals surface area contributed by atoms with Crippen LogP contribution in [-0.2, 0) is 12.0 Å². The molecular formula is C23H23NO3. The average molecular weight is 361 g/mol. The Morgan fingerprint density at radius 1 is 1.04 bits per heavy atom. The number of carbonyl (C=O) groups excluding carboxylic acids is 1. The lowest BCUT2D eigenvalue weighted by Crippen LogP contribution is -2.48. The van der Waals surface area contributed by atoms with E-state index in [4.69, 9.17) is 9.47 Å². The van der Waals surface area contributed by atoms with Crippen LogP contribution in [0.1, 0.15) is 53.6 Å². The minimum atomic E-state index is -0.872. The van der Waals surface area contributed by atoms with Crippen LogP contribution in [0.4, 0.5) is 0 Å². The average Bonchev–Trinajstić information content (AvgIpc) is 3.26. The summed E-state index contributed by atoms with van der Waals surface area (Å²) in [6.07, 6.45) is 5.61. The predicted molar refractivity (Wildman–Crippen MR) is 101 cm³/mol. The highest BCUT2D eigenvalue weighted by Gasteiger charge is 2.53. The number of ether oxygens (including phenoxy) is 2. The molecule has 4 aliphatic rings. The Morgan fingerprint density at radius 2 is 1.85 bits per heavy atom. The van der Waals surface area contributed by atoms with E-state index in [1.165, 1.54) is 49.8 Å². The fraction of sp³-hybridized carbons (Fsp3) is 0.435. The fourth-order valence-corrected chi connectivity index (χ4v) is 5.88. The zero-order valence-electron chi connectivity index (χ0n) is 15.3. The first-order chi connectivity index (χ1) is 13.2. The van der Waals surface area contributed by atoms with Crippen molar-refractivity contribution in [2.75, 3.05) is 6.54 Å². The zero-order chi connectivity index (χ0) is 18.0. The van der Waals surface area contributed by atoms with Crippen LogP contribution < -0.4 is 9.47 Å². The van der Waals surface area contributed by atoms with E-state index in [1.54, 1.807) is 12.1 Å². The van der Waals surface area contributed by atoms with Gasteiger partial charge in [-0.25, -0.2) is 0 Å². The molecule has 6 rings (SSSR count). The van der Waals surface area contributed by atoms with Crippen molar-refractivity contribution in [1.29, 1.82) is 0 Å². The van der Waals surface area contributed by atoms with Crippen LogP contribution in [0.3, 0.4) is 0 Å². The molecular weight excluding hydrogens is 338 g/mol. The summed E-state index contributed by atoms with van der Waals surface area (Å²) in [5.74, 6) is 1.33. The van der Waals surface area contributed by atoms with E-state index < -0.39 is 6.29 Å². The molecule has 0 spiro atoms. The lowest BCUT2D eigenvalue weighted by molar-refractivity contribution is 0.0371. The summed E-state index contributed by atoms with van der Waals surface area (Å²) in [7, 11) is 0. The molecule has 0 aromatic heterocycles. The van der Waals surface area contributed by atoms with E-state index in [2.05, 4.69) is 17.0 Å². The monoisotopic (exact) mass is 361 g/mol. The minimum Gasteiger partial charge on any atom is -0.444 e. The zero-order valence-corrected chi connectivity index (χ0v) is 15.3. The predicted octanol–water partition coefficient (Wildman–Crippen LogP) is 4.07. The Balaban J connectivity index is 1.36. The molecule has 0 amide bonds. The first kappa shape index (κ1) is 15.7. The number of benzene rings is 2. The third kappa shape index (κ3) is 2.16. The van der Waals surface area contributed by atoms with Crippen molar-refractivity contribution in [1.82, 2.24) is 4.90 Å². The van der Waals surface area contributed by atoms with Gasteiger partial charge in [0.1, 0.15) is 0 Å². The van der Waals surface area contributed by atoms with Gasteiger partial charge < -0.3 is 9.47 Å². The third-order valence-corrected chi connectivity index (χ3v) is 7.09. The van der Waals surface area contributed by atoms with E-state index >= 15 is 0 Å². The first-order valence-electron chi connectivity index (χ1n) is 10.1. The molecule has 2 unspecified atom stereocenters. The summed E-state index contributed by atoms with van der Waals surface area (Å²) in [5, 5.41) is 0. The van der Waals surface area contributed by atoms with Crippen LogP contribution in [0, 0.1) is 0 Å². The number of Topliss-reactive ketones (excluding diaryl/α,β-unsaturated/α-hetero) is 1. The van der Waals surface area contributed by atoms with Gasteiger partial charge in [-0.15, -0.1) is 0 Å². The van der Waals surface area contributed by atoms with Crippen LogP contribution in [0.15, 0.2) is 42.5 Å². The van der Waals surface area contributed by atoms with Crippen molar-refractivity contribution in [2.45, 2.75) is 56.4 Å². The van der Waals surface area contributed by atoms with E-state index in [-0.39, 0.29) is 11.2 Å². The highest BCUT2D eigenvalue weighted by atomic mass is 16.7. The number of nitrogens with zero attached hydrogens (tertiary/aromatic N) is 1. The molecule has 1 aliphatic carbocycles. The topological polar surface area (TPSA) is 38.8 Å². The Labute approximate surface area is 159 Å². The van der Waals surface area contributed by atoms with Gasteiger partial charge in [-0.1, -0.05) is 43.2 Å². The molecule has 2 bridgehead atoms. The van der Waals surface area contributed by atoms with E-state index in [0.29, 0.717) is 17.4 Å². The van der Waals surface area contributed by atoms with Gasteiger partial charge in [0.15, 0.2) is 11.5 Å². The summed E-state index contributed by atoms with van der Waals surface area (Å²) < 4.78 is 11.9. The number of fused-ring (bicyclic) bond motifs is 2. The summed E-state index contributed by atoms with van der Waals surface area (Å²) >= 11 is 0. The van der Waals surface area contributed by atoms with Gasteiger partial charge in [0, 0.05) is 23.6 Å². The molecule has 4 heteroatoms. The first-order valence-corrected chi connectivity index (χ1v) is 10.1. The van der Waals surface area contributed by atoms with Crippen molar-refractivity contribution < 1.29 is 14.3 Å². The number of rotatable bonds is 2. The van der Waals surface area contributed by atoms with Gasteiger partial charge in [0.05, 0.1) is 0 Å². The molecule has 0 radical (unpaired) electrons. The van der Waals surface area contributed by atoms with Gasteiger partial charge in [-0.3, -0.25) is 9.69 Å². The highest BCUT2D eigenvalue weighted by molar-refractivity contribution is 5.99. The Hall–Kier alpha value is -2.33. The Bertz CT molecular complexity index is 925. The van der Waals surface area contributed by atoms with Crippen LogP contribution >= 0.6 is 0 Å². The van der Waals surface area contributed by atoms with E-state index in [1.807, 2.05) is 18.2 Å². The Morgan fingerprint density at radius 3 is 2.70 bits per heavy atom. The van der Waals surface area contributed by atoms with Crippen molar-refractivity contribution in [3.63, 3.8) is 0 Å². The molecule has 0 N–H and O–H groups in total. The van der Waals surface area contributed by atoms with Gasteiger partial charge in [-0.05, 0) is 49.1 Å². The van der Waals surface area contributed by atoms with Crippen molar-refractivity contribution in [2.24, 2.45) is 0 Å². The molecule has 4 nitrogen and oxygen atoms in total. The van der Waals surface area contributed by atoms with Crippen molar-refractivity contribution in [3.8, 4) is 11.5 Å². The Kier molecular flexibility index (Phi) is 3.25. The second kappa shape index (κ2) is 5.59. The quantitative estimate of drug-likeness (QED) is 0.756. The summed E-state index contributed by atoms with van der Waals surface area (Å²) in [4.78, 5) is 15.4. The largest absolute Gasteiger partial charge is 0.444 e. The van der Waals surface area contributed by atoms with Gasteiger partial charge in [-0.2, -0.15) is 0 Å². The van der Waals surface area contributed by atoms with Crippen LogP contribution in [0.5, 0.6) is 11.5 Å². The normalized spacial score (nSPS) is 32.7. The minimum absolute atomic E-state index is 0.122. The maximum Gasteiger partial charge on any atom is 0.305 e. The molecule has 2 aromatic carbocycles. The van der Waals surface area contributed by atoms with Gasteiger partial charge in [0.25, 0.3) is 0 Å². The van der Waals surface area contributed by atoms with Gasteiger partial charge in [0.2, 0.25) is 5.78 Å². The lowest BCUT2D eigenvalue weighted by atomic mass is 9.63. The molecule has 3 heterocycles. The maximum atomic E-state index is 12.7. The summed E-state index contributed by atoms with van der Waals surface area (Å²) in [5.41, 5.74) is 3.72. The number of carbonyl (C=O) groups is 1. The third-order valence-electron chi connectivity index (χ3n) is 7.09. The van der Waals surface area contributed by atoms with E-state index in [9.17, 15) is 4.79 Å². The summed E-state index contributed by atoms with van der Waals surface area (Å²) in [6.45, 7) is 2.19. The second-order valence-electron chi connectivity index (χ2n) is 8.39. The molecule has 1 saturated carbocycles. The number of ketones is 1. The van der Waals surface area contributed by atoms with Crippen LogP contribution in [-0.4, -0.2) is 29.6 Å². The smallest absolute Gasteiger partial charge is 0.305 e. The molecule has 2 aromatic rings. The second-order valence-corrected chi connectivity index (χ2v) is 8.39. The van der Waals surface area contributed by atoms with Crippen LogP contribution in [0.2, 0.25) is 0 Å². The molecule has 3 aliphatic heterocycles. The maximum absolute atomic E-state index is 12.7. The van der Waals surface area contributed by atoms with Gasteiger partial charge >= 0.3 is 6.29 Å². The lowest BCUT2D eigenvalue weighted by Gasteiger charge is -2.47. The SMILES string of the molecule is O=C(c1ccccc1)C1Oc2cc3c(cc2O1)[C@]12CCCC[C@H]1N(CC2)C3. The molecule has 1 saturated heterocycles. The number of hydrogen-bond donors (Lipinski definition) is 0. The summed E-state index contributed by atoms with van der Waals surface area (Å²) in [6, 6.07) is 14.3. The molecule has 27 heavy (non-hydrogen) atoms. The van der Waals surface area contributed by atoms with Crippen LogP contribution in [0.25, 0.3) is 0 Å². The molecule has 2 fully saturated rings. The van der Waals surface area contributed by atoms with E-state index in [0.717, 1.165) is 12.3 Å². The fourth-order valence-electron chi connectivity index (χ4n) is 5.88. The molecule has 138 valence electrons. The number of hydrogen-bond acceptors (Lipinski definition) is 4. The highest BCUT2D eigenvalue weighted by Crippen LogP contribution is 2.55. The van der Waals surface area contributed by atoms with Crippen molar-refractivity contribution >= 4 is 5.78 Å². The standard InChI is InChI=1S/C23H23NO3/c25-21(15-6-2-1-3-7-15)22-26-18-12-16-14-24-11-10-23(9-5-4-8-20(23)24)17(16)13-19(18)27-22/h1-3,6-7,12-13,20,22H,4-5,8-11,14H2/t20-,22?,23-/m1/s1. The molecule has 4 atom stereocenters. The van der Waals surface area contributed by atoms with Crippen molar-refractivity contribution in [3.05, 3.63) is 59.2 Å².